The van der Waals surface area contributed by atoms with Crippen LogP contribution in [0.5, 0.6) is 5.75 Å². The van der Waals surface area contributed by atoms with Crippen molar-refractivity contribution in [3.63, 3.8) is 0 Å². The number of methoxy groups -OCH3 is 1. The zero-order chi connectivity index (χ0) is 11.3. The first kappa shape index (κ1) is 12.0. The highest BCUT2D eigenvalue weighted by Gasteiger charge is 2.10. The van der Waals surface area contributed by atoms with Crippen LogP contribution in [0.4, 0.5) is 0 Å². The van der Waals surface area contributed by atoms with Crippen molar-refractivity contribution in [1.82, 2.24) is 0 Å². The largest absolute Gasteiger partial charge is 0.497 e. The van der Waals surface area contributed by atoms with E-state index < -0.39 is 6.10 Å². The summed E-state index contributed by atoms with van der Waals surface area (Å²) in [5.41, 5.74) is 1.92. The first-order valence-electron chi connectivity index (χ1n) is 5.12. The Morgan fingerprint density at radius 1 is 1.40 bits per heavy atom. The van der Waals surface area contributed by atoms with Crippen LogP contribution in [0.3, 0.4) is 0 Å². The van der Waals surface area contributed by atoms with E-state index in [2.05, 4.69) is 0 Å². The first-order chi connectivity index (χ1) is 7.19. The molecule has 0 aliphatic carbocycles. The summed E-state index contributed by atoms with van der Waals surface area (Å²) in [6.07, 6.45) is 0.707. The average Bonchev–Trinajstić information content (AvgIpc) is 2.25. The first-order valence-corrected chi connectivity index (χ1v) is 5.12. The molecule has 1 atom stereocenters. The second-order valence-corrected chi connectivity index (χ2v) is 3.60. The van der Waals surface area contributed by atoms with Crippen molar-refractivity contribution in [2.45, 2.75) is 25.9 Å². The lowest BCUT2D eigenvalue weighted by Gasteiger charge is -2.14. The van der Waals surface area contributed by atoms with E-state index in [1.165, 1.54) is 0 Å². The van der Waals surface area contributed by atoms with E-state index in [9.17, 15) is 5.11 Å². The minimum Gasteiger partial charge on any atom is -0.497 e. The number of hydrogen-bond donors (Lipinski definition) is 2. The van der Waals surface area contributed by atoms with Crippen molar-refractivity contribution in [1.29, 1.82) is 0 Å². The van der Waals surface area contributed by atoms with E-state index in [1.807, 2.05) is 25.1 Å². The monoisotopic (exact) mass is 210 g/mol. The smallest absolute Gasteiger partial charge is 0.119 e. The van der Waals surface area contributed by atoms with E-state index in [1.54, 1.807) is 7.11 Å². The van der Waals surface area contributed by atoms with Crippen LogP contribution >= 0.6 is 0 Å². The van der Waals surface area contributed by atoms with Gasteiger partial charge in [0, 0.05) is 6.61 Å². The Kier molecular flexibility index (Phi) is 4.59. The van der Waals surface area contributed by atoms with Gasteiger partial charge in [0.25, 0.3) is 0 Å². The summed E-state index contributed by atoms with van der Waals surface area (Å²) in [6, 6.07) is 5.61. The fourth-order valence-electron chi connectivity index (χ4n) is 1.59. The second-order valence-electron chi connectivity index (χ2n) is 3.60. The van der Waals surface area contributed by atoms with E-state index in [-0.39, 0.29) is 6.61 Å². The molecule has 0 fully saturated rings. The lowest BCUT2D eigenvalue weighted by Crippen LogP contribution is -2.01. The quantitative estimate of drug-likeness (QED) is 0.779. The molecule has 1 aromatic carbocycles. The van der Waals surface area contributed by atoms with E-state index >= 15 is 0 Å². The minimum atomic E-state index is -0.497. The second kappa shape index (κ2) is 5.73. The summed E-state index contributed by atoms with van der Waals surface area (Å²) in [7, 11) is 1.62. The molecular formula is C12H18O3. The highest BCUT2D eigenvalue weighted by atomic mass is 16.5. The molecule has 15 heavy (non-hydrogen) atoms. The van der Waals surface area contributed by atoms with Gasteiger partial charge in [-0.3, -0.25) is 0 Å². The van der Waals surface area contributed by atoms with Crippen LogP contribution in [0.2, 0.25) is 0 Å². The normalized spacial score (nSPS) is 12.5. The Hall–Kier alpha value is -1.06. The molecule has 0 aromatic heterocycles. The molecule has 1 aromatic rings. The van der Waals surface area contributed by atoms with Gasteiger partial charge in [0.05, 0.1) is 13.2 Å². The Morgan fingerprint density at radius 3 is 2.67 bits per heavy atom. The van der Waals surface area contributed by atoms with E-state index in [0.29, 0.717) is 12.8 Å². The summed E-state index contributed by atoms with van der Waals surface area (Å²) in [4.78, 5) is 0. The van der Waals surface area contributed by atoms with Crippen LogP contribution in [0.25, 0.3) is 0 Å². The van der Waals surface area contributed by atoms with Gasteiger partial charge in [-0.1, -0.05) is 6.07 Å². The number of ether oxygens (including phenoxy) is 1. The number of rotatable bonds is 5. The van der Waals surface area contributed by atoms with Crippen molar-refractivity contribution in [2.75, 3.05) is 13.7 Å². The molecule has 0 spiro atoms. The van der Waals surface area contributed by atoms with Gasteiger partial charge in [0.1, 0.15) is 5.75 Å². The van der Waals surface area contributed by atoms with Crippen molar-refractivity contribution in [3.05, 3.63) is 29.3 Å². The Labute approximate surface area is 90.3 Å². The van der Waals surface area contributed by atoms with Gasteiger partial charge in [0.15, 0.2) is 0 Å². The van der Waals surface area contributed by atoms with Crippen molar-refractivity contribution in [3.8, 4) is 5.75 Å². The fraction of sp³-hybridized carbons (Fsp3) is 0.500. The van der Waals surface area contributed by atoms with E-state index in [4.69, 9.17) is 9.84 Å². The molecule has 3 nitrogen and oxygen atoms in total. The van der Waals surface area contributed by atoms with Gasteiger partial charge in [-0.25, -0.2) is 0 Å². The maximum absolute atomic E-state index is 9.84. The molecule has 0 aliphatic rings. The SMILES string of the molecule is COc1ccc(C(O)CCCO)c(C)c1. The molecule has 0 amide bonds. The molecule has 0 bridgehead atoms. The molecule has 0 heterocycles. The van der Waals surface area contributed by atoms with Crippen LogP contribution in [0, 0.1) is 6.92 Å². The molecule has 1 unspecified atom stereocenters. The van der Waals surface area contributed by atoms with Crippen LogP contribution in [-0.4, -0.2) is 23.9 Å². The maximum atomic E-state index is 9.84. The van der Waals surface area contributed by atoms with Gasteiger partial charge in [-0.05, 0) is 43.0 Å². The highest BCUT2D eigenvalue weighted by Crippen LogP contribution is 2.25. The third-order valence-corrected chi connectivity index (χ3v) is 2.47. The summed E-state index contributed by atoms with van der Waals surface area (Å²) in [5, 5.41) is 18.5. The lowest BCUT2D eigenvalue weighted by molar-refractivity contribution is 0.151. The van der Waals surface area contributed by atoms with Gasteiger partial charge in [-0.2, -0.15) is 0 Å². The third kappa shape index (κ3) is 3.22. The zero-order valence-electron chi connectivity index (χ0n) is 9.23. The van der Waals surface area contributed by atoms with Gasteiger partial charge in [-0.15, -0.1) is 0 Å². The molecule has 1 rings (SSSR count). The number of aliphatic hydroxyl groups is 2. The lowest BCUT2D eigenvalue weighted by atomic mass is 10.00. The molecule has 0 saturated heterocycles. The fourth-order valence-corrected chi connectivity index (χ4v) is 1.59. The third-order valence-electron chi connectivity index (χ3n) is 2.47. The molecular weight excluding hydrogens is 192 g/mol. The van der Waals surface area contributed by atoms with Gasteiger partial charge < -0.3 is 14.9 Å². The number of aliphatic hydroxyl groups excluding tert-OH is 2. The molecule has 84 valence electrons. The van der Waals surface area contributed by atoms with Gasteiger partial charge in [0.2, 0.25) is 0 Å². The van der Waals surface area contributed by atoms with Crippen LogP contribution < -0.4 is 4.74 Å². The molecule has 3 heteroatoms. The topological polar surface area (TPSA) is 49.7 Å². The number of benzene rings is 1. The predicted molar refractivity (Wildman–Crippen MR) is 59.0 cm³/mol. The molecule has 0 saturated carbocycles. The predicted octanol–water partition coefficient (Wildman–Crippen LogP) is 1.81. The molecule has 0 aliphatic heterocycles. The summed E-state index contributed by atoms with van der Waals surface area (Å²) in [6.45, 7) is 2.06. The van der Waals surface area contributed by atoms with Crippen molar-refractivity contribution < 1.29 is 14.9 Å². The number of aryl methyl sites for hydroxylation is 1. The zero-order valence-corrected chi connectivity index (χ0v) is 9.23. The summed E-state index contributed by atoms with van der Waals surface area (Å²) < 4.78 is 5.09. The summed E-state index contributed by atoms with van der Waals surface area (Å²) in [5.74, 6) is 0.797. The minimum absolute atomic E-state index is 0.117. The highest BCUT2D eigenvalue weighted by molar-refractivity contribution is 5.35. The maximum Gasteiger partial charge on any atom is 0.119 e. The van der Waals surface area contributed by atoms with Crippen molar-refractivity contribution >= 4 is 0 Å². The Balaban J connectivity index is 2.76. The average molecular weight is 210 g/mol. The van der Waals surface area contributed by atoms with Crippen LogP contribution in [-0.2, 0) is 0 Å². The number of hydrogen-bond acceptors (Lipinski definition) is 3. The molecule has 2 N–H and O–H groups in total. The summed E-state index contributed by atoms with van der Waals surface area (Å²) >= 11 is 0. The Bertz CT molecular complexity index is 310. The van der Waals surface area contributed by atoms with Crippen molar-refractivity contribution in [2.24, 2.45) is 0 Å². The van der Waals surface area contributed by atoms with E-state index in [0.717, 1.165) is 16.9 Å². The van der Waals surface area contributed by atoms with Gasteiger partial charge >= 0.3 is 0 Å². The standard InChI is InChI=1S/C12H18O3/c1-9-8-10(15-2)5-6-11(9)12(14)4-3-7-13/h5-6,8,12-14H,3-4,7H2,1-2H3. The van der Waals surface area contributed by atoms with Crippen LogP contribution in [0.15, 0.2) is 18.2 Å². The Morgan fingerprint density at radius 2 is 2.13 bits per heavy atom. The molecule has 0 radical (unpaired) electrons. The van der Waals surface area contributed by atoms with Crippen LogP contribution in [0.1, 0.15) is 30.1 Å².